The van der Waals surface area contributed by atoms with Crippen LogP contribution in [0.4, 0.5) is 10.1 Å². The van der Waals surface area contributed by atoms with Gasteiger partial charge in [0.1, 0.15) is 5.82 Å². The van der Waals surface area contributed by atoms with E-state index in [4.69, 9.17) is 5.73 Å². The van der Waals surface area contributed by atoms with Gasteiger partial charge >= 0.3 is 0 Å². The molecule has 1 aromatic rings. The fraction of sp³-hybridized carbons (Fsp3) is 0.562. The van der Waals surface area contributed by atoms with Gasteiger partial charge in [0.15, 0.2) is 5.96 Å². The first-order valence-corrected chi connectivity index (χ1v) is 7.47. The highest BCUT2D eigenvalue weighted by molar-refractivity contribution is 5.98. The van der Waals surface area contributed by atoms with Crippen molar-refractivity contribution in [2.75, 3.05) is 11.4 Å². The minimum Gasteiger partial charge on any atom is -0.369 e. The zero-order valence-electron chi connectivity index (χ0n) is 12.0. The van der Waals surface area contributed by atoms with E-state index >= 15 is 0 Å². The highest BCUT2D eigenvalue weighted by Gasteiger charge is 2.44. The second kappa shape index (κ2) is 5.08. The predicted octanol–water partition coefficient (Wildman–Crippen LogP) is 3.30. The van der Waals surface area contributed by atoms with E-state index in [9.17, 15) is 4.39 Å². The molecule has 1 saturated carbocycles. The molecule has 0 aromatic heterocycles. The maximum absolute atomic E-state index is 14.2. The fourth-order valence-corrected chi connectivity index (χ4v) is 3.57. The Kier molecular flexibility index (Phi) is 3.40. The molecule has 0 radical (unpaired) electrons. The van der Waals surface area contributed by atoms with E-state index in [-0.39, 0.29) is 11.4 Å². The summed E-state index contributed by atoms with van der Waals surface area (Å²) in [7, 11) is 0. The van der Waals surface area contributed by atoms with Crippen LogP contribution in [0, 0.1) is 11.7 Å². The second-order valence-electron chi connectivity index (χ2n) is 6.22. The lowest BCUT2D eigenvalue weighted by molar-refractivity contribution is 0.389. The van der Waals surface area contributed by atoms with Gasteiger partial charge in [0, 0.05) is 0 Å². The van der Waals surface area contributed by atoms with Gasteiger partial charge in [-0.25, -0.2) is 4.39 Å². The number of benzene rings is 1. The van der Waals surface area contributed by atoms with Gasteiger partial charge in [-0.2, -0.15) is 0 Å². The Labute approximate surface area is 119 Å². The Balaban J connectivity index is 1.98. The second-order valence-corrected chi connectivity index (χ2v) is 6.22. The summed E-state index contributed by atoms with van der Waals surface area (Å²) in [4.78, 5) is 6.39. The standard InChI is InChI=1S/C16H22FN3/c1-12-5-4-9-16(10-8-12)11-19-15(18)20(16)14-7-3-2-6-13(14)17/h2-3,6-7,12H,4-5,8-11H2,1H3,(H2,18,19). The molecule has 2 aliphatic rings. The van der Waals surface area contributed by atoms with Crippen LogP contribution in [0.15, 0.2) is 29.3 Å². The average Bonchev–Trinajstić information content (AvgIpc) is 2.62. The van der Waals surface area contributed by atoms with Crippen molar-refractivity contribution in [3.05, 3.63) is 30.1 Å². The van der Waals surface area contributed by atoms with Crippen molar-refractivity contribution in [2.45, 2.75) is 44.6 Å². The predicted molar refractivity (Wildman–Crippen MR) is 80.3 cm³/mol. The summed E-state index contributed by atoms with van der Waals surface area (Å²) < 4.78 is 14.2. The minimum absolute atomic E-state index is 0.114. The monoisotopic (exact) mass is 275 g/mol. The number of rotatable bonds is 1. The third-order valence-electron chi connectivity index (χ3n) is 4.77. The largest absolute Gasteiger partial charge is 0.369 e. The lowest BCUT2D eigenvalue weighted by Gasteiger charge is -2.39. The van der Waals surface area contributed by atoms with Crippen molar-refractivity contribution in [3.63, 3.8) is 0 Å². The van der Waals surface area contributed by atoms with Crippen LogP contribution in [0.25, 0.3) is 0 Å². The van der Waals surface area contributed by atoms with Gasteiger partial charge in [-0.15, -0.1) is 0 Å². The summed E-state index contributed by atoms with van der Waals surface area (Å²) in [5.41, 5.74) is 6.54. The smallest absolute Gasteiger partial charge is 0.196 e. The van der Waals surface area contributed by atoms with Gasteiger partial charge in [0.05, 0.1) is 17.8 Å². The molecule has 0 amide bonds. The van der Waals surface area contributed by atoms with Crippen LogP contribution >= 0.6 is 0 Å². The summed E-state index contributed by atoms with van der Waals surface area (Å²) >= 11 is 0. The Bertz CT molecular complexity index is 528. The van der Waals surface area contributed by atoms with E-state index in [1.807, 2.05) is 11.0 Å². The van der Waals surface area contributed by atoms with Gasteiger partial charge < -0.3 is 10.6 Å². The van der Waals surface area contributed by atoms with Crippen molar-refractivity contribution in [1.29, 1.82) is 0 Å². The van der Waals surface area contributed by atoms with Crippen molar-refractivity contribution in [1.82, 2.24) is 0 Å². The normalized spacial score (nSPS) is 30.4. The molecule has 4 heteroatoms. The van der Waals surface area contributed by atoms with E-state index in [0.29, 0.717) is 18.2 Å². The molecular formula is C16H22FN3. The molecule has 3 nitrogen and oxygen atoms in total. The van der Waals surface area contributed by atoms with Gasteiger partial charge in [-0.05, 0) is 37.3 Å². The Hall–Kier alpha value is -1.58. The lowest BCUT2D eigenvalue weighted by Crippen LogP contribution is -2.52. The van der Waals surface area contributed by atoms with Gasteiger partial charge in [-0.3, -0.25) is 4.99 Å². The molecule has 3 rings (SSSR count). The van der Waals surface area contributed by atoms with E-state index in [1.54, 1.807) is 12.1 Å². The molecule has 0 saturated heterocycles. The van der Waals surface area contributed by atoms with Crippen LogP contribution in [0.5, 0.6) is 0 Å². The van der Waals surface area contributed by atoms with Crippen molar-refractivity contribution >= 4 is 11.6 Å². The molecule has 1 aliphatic heterocycles. The van der Waals surface area contributed by atoms with E-state index in [2.05, 4.69) is 11.9 Å². The molecule has 2 atom stereocenters. The first-order chi connectivity index (χ1) is 9.62. The molecule has 2 unspecified atom stereocenters. The van der Waals surface area contributed by atoms with E-state index in [1.165, 1.54) is 12.5 Å². The van der Waals surface area contributed by atoms with Crippen LogP contribution < -0.4 is 10.6 Å². The number of hydrogen-bond acceptors (Lipinski definition) is 3. The zero-order chi connectivity index (χ0) is 14.2. The Morgan fingerprint density at radius 2 is 2.10 bits per heavy atom. The van der Waals surface area contributed by atoms with Crippen LogP contribution in [0.1, 0.15) is 39.0 Å². The van der Waals surface area contributed by atoms with E-state index < -0.39 is 0 Å². The number of aliphatic imine (C=N–C) groups is 1. The molecule has 2 N–H and O–H groups in total. The summed E-state index contributed by atoms with van der Waals surface area (Å²) in [5, 5.41) is 0. The maximum atomic E-state index is 14.2. The zero-order valence-corrected chi connectivity index (χ0v) is 12.0. The van der Waals surface area contributed by atoms with Crippen LogP contribution in [0.2, 0.25) is 0 Å². The first kappa shape index (κ1) is 13.4. The SMILES string of the molecule is CC1CCCC2(CC1)CN=C(N)N2c1ccccc1F. The summed E-state index contributed by atoms with van der Waals surface area (Å²) in [5.74, 6) is 0.979. The minimum atomic E-state index is -0.218. The van der Waals surface area contributed by atoms with Crippen LogP contribution in [-0.2, 0) is 0 Å². The Morgan fingerprint density at radius 3 is 2.90 bits per heavy atom. The molecule has 108 valence electrons. The highest BCUT2D eigenvalue weighted by atomic mass is 19.1. The molecule has 1 heterocycles. The number of nitrogens with zero attached hydrogens (tertiary/aromatic N) is 2. The molecule has 20 heavy (non-hydrogen) atoms. The molecule has 1 aliphatic carbocycles. The summed E-state index contributed by atoms with van der Waals surface area (Å²) in [6.07, 6.45) is 5.64. The number of halogens is 1. The molecule has 1 fully saturated rings. The number of nitrogens with two attached hydrogens (primary N) is 1. The number of anilines is 1. The first-order valence-electron chi connectivity index (χ1n) is 7.47. The average molecular weight is 275 g/mol. The number of para-hydroxylation sites is 1. The molecular weight excluding hydrogens is 253 g/mol. The molecule has 0 bridgehead atoms. The summed E-state index contributed by atoms with van der Waals surface area (Å²) in [6, 6.07) is 6.87. The van der Waals surface area contributed by atoms with Crippen LogP contribution in [-0.4, -0.2) is 18.0 Å². The molecule has 1 aromatic carbocycles. The van der Waals surface area contributed by atoms with Gasteiger partial charge in [0.25, 0.3) is 0 Å². The lowest BCUT2D eigenvalue weighted by atomic mass is 9.88. The number of guanidine groups is 1. The third-order valence-corrected chi connectivity index (χ3v) is 4.77. The van der Waals surface area contributed by atoms with Crippen LogP contribution in [0.3, 0.4) is 0 Å². The highest BCUT2D eigenvalue weighted by Crippen LogP contribution is 2.40. The van der Waals surface area contributed by atoms with Crippen molar-refractivity contribution in [3.8, 4) is 0 Å². The van der Waals surface area contributed by atoms with Gasteiger partial charge in [-0.1, -0.05) is 31.9 Å². The number of hydrogen-bond donors (Lipinski definition) is 1. The third kappa shape index (κ3) is 2.17. The summed E-state index contributed by atoms with van der Waals surface area (Å²) in [6.45, 7) is 2.99. The fourth-order valence-electron chi connectivity index (χ4n) is 3.57. The quantitative estimate of drug-likeness (QED) is 0.854. The van der Waals surface area contributed by atoms with Gasteiger partial charge in [0.2, 0.25) is 0 Å². The topological polar surface area (TPSA) is 41.6 Å². The van der Waals surface area contributed by atoms with Crippen molar-refractivity contribution < 1.29 is 4.39 Å². The maximum Gasteiger partial charge on any atom is 0.196 e. The van der Waals surface area contributed by atoms with E-state index in [0.717, 1.165) is 31.6 Å². The molecule has 1 spiro atoms. The van der Waals surface area contributed by atoms with Crippen molar-refractivity contribution in [2.24, 2.45) is 16.6 Å². The Morgan fingerprint density at radius 1 is 1.30 bits per heavy atom.